The van der Waals surface area contributed by atoms with Crippen LogP contribution in [0.3, 0.4) is 0 Å². The van der Waals surface area contributed by atoms with Gasteiger partial charge in [0.05, 0.1) is 11.8 Å². The van der Waals surface area contributed by atoms with Crippen molar-refractivity contribution < 1.29 is 9.18 Å². The Hall–Kier alpha value is -2.19. The summed E-state index contributed by atoms with van der Waals surface area (Å²) >= 11 is 3.14. The Morgan fingerprint density at radius 2 is 2.00 bits per heavy atom. The molecular weight excluding hydrogens is 335 g/mol. The van der Waals surface area contributed by atoms with Crippen molar-refractivity contribution in [1.82, 2.24) is 0 Å². The molecule has 1 amide bonds. The molecule has 21 heavy (non-hydrogen) atoms. The van der Waals surface area contributed by atoms with Crippen LogP contribution < -0.4 is 5.32 Å². The molecule has 0 fully saturated rings. The highest BCUT2D eigenvalue weighted by Gasteiger charge is 2.19. The molecule has 5 heteroatoms. The fourth-order valence-electron chi connectivity index (χ4n) is 1.86. The first-order valence-electron chi connectivity index (χ1n) is 6.29. The minimum absolute atomic E-state index is 0.0662. The molecule has 0 heterocycles. The van der Waals surface area contributed by atoms with E-state index in [9.17, 15) is 9.18 Å². The third-order valence-electron chi connectivity index (χ3n) is 2.94. The zero-order chi connectivity index (χ0) is 15.2. The number of hydrogen-bond acceptors (Lipinski definition) is 2. The van der Waals surface area contributed by atoms with Crippen molar-refractivity contribution in [1.29, 1.82) is 5.26 Å². The zero-order valence-corrected chi connectivity index (χ0v) is 12.6. The van der Waals surface area contributed by atoms with Gasteiger partial charge in [0.15, 0.2) is 0 Å². The fraction of sp³-hybridized carbons (Fsp3) is 0.125. The summed E-state index contributed by atoms with van der Waals surface area (Å²) in [6.45, 7) is 0. The van der Waals surface area contributed by atoms with Crippen LogP contribution in [0.25, 0.3) is 0 Å². The van der Waals surface area contributed by atoms with E-state index in [1.165, 1.54) is 12.1 Å². The number of nitrogens with one attached hydrogen (secondary N) is 1. The van der Waals surface area contributed by atoms with Gasteiger partial charge in [-0.05, 0) is 30.2 Å². The Balaban J connectivity index is 2.09. The van der Waals surface area contributed by atoms with Crippen LogP contribution in [0, 0.1) is 23.1 Å². The first-order chi connectivity index (χ1) is 10.1. The second-order valence-electron chi connectivity index (χ2n) is 4.48. The standard InChI is InChI=1S/C16H12BrFN2O/c17-13-6-7-15(14(18)9-13)20-16(21)12(10-19)8-11-4-2-1-3-5-11/h1-7,9,12H,8H2,(H,20,21). The molecular formula is C16H12BrFN2O. The quantitative estimate of drug-likeness (QED) is 0.912. The Kier molecular flexibility index (Phi) is 5.07. The van der Waals surface area contributed by atoms with Crippen molar-refractivity contribution in [3.63, 3.8) is 0 Å². The van der Waals surface area contributed by atoms with E-state index in [1.807, 2.05) is 36.4 Å². The number of halogens is 2. The third-order valence-corrected chi connectivity index (χ3v) is 3.44. The van der Waals surface area contributed by atoms with Crippen molar-refractivity contribution in [3.05, 3.63) is 64.4 Å². The average Bonchev–Trinajstić information content (AvgIpc) is 2.48. The summed E-state index contributed by atoms with van der Waals surface area (Å²) in [6, 6.07) is 15.5. The SMILES string of the molecule is N#CC(Cc1ccccc1)C(=O)Nc1ccc(Br)cc1F. The normalized spacial score (nSPS) is 11.5. The number of carbonyl (C=O) groups excluding carboxylic acids is 1. The first-order valence-corrected chi connectivity index (χ1v) is 7.09. The fourth-order valence-corrected chi connectivity index (χ4v) is 2.19. The first kappa shape index (κ1) is 15.2. The summed E-state index contributed by atoms with van der Waals surface area (Å²) < 4.78 is 14.3. The van der Waals surface area contributed by atoms with E-state index < -0.39 is 17.6 Å². The number of benzene rings is 2. The van der Waals surface area contributed by atoms with Crippen LogP contribution in [0.15, 0.2) is 53.0 Å². The van der Waals surface area contributed by atoms with E-state index in [0.29, 0.717) is 10.9 Å². The predicted molar refractivity (Wildman–Crippen MR) is 82.0 cm³/mol. The molecule has 2 rings (SSSR count). The summed E-state index contributed by atoms with van der Waals surface area (Å²) in [5.74, 6) is -1.92. The van der Waals surface area contributed by atoms with Crippen LogP contribution >= 0.6 is 15.9 Å². The summed E-state index contributed by atoms with van der Waals surface area (Å²) in [5, 5.41) is 11.6. The second-order valence-corrected chi connectivity index (χ2v) is 5.40. The molecule has 0 spiro atoms. The van der Waals surface area contributed by atoms with Gasteiger partial charge in [-0.1, -0.05) is 46.3 Å². The van der Waals surface area contributed by atoms with E-state index >= 15 is 0 Å². The summed E-state index contributed by atoms with van der Waals surface area (Å²) in [7, 11) is 0. The maximum absolute atomic E-state index is 13.7. The highest BCUT2D eigenvalue weighted by Crippen LogP contribution is 2.20. The lowest BCUT2D eigenvalue weighted by Gasteiger charge is -2.11. The van der Waals surface area contributed by atoms with Crippen molar-refractivity contribution in [2.75, 3.05) is 5.32 Å². The van der Waals surface area contributed by atoms with Gasteiger partial charge in [-0.2, -0.15) is 5.26 Å². The van der Waals surface area contributed by atoms with Gasteiger partial charge < -0.3 is 5.32 Å². The zero-order valence-electron chi connectivity index (χ0n) is 11.0. The monoisotopic (exact) mass is 346 g/mol. The third kappa shape index (κ3) is 4.14. The number of rotatable bonds is 4. The average molecular weight is 347 g/mol. The van der Waals surface area contributed by atoms with Crippen LogP contribution in [0.5, 0.6) is 0 Å². The molecule has 0 aliphatic rings. The Bertz CT molecular complexity index is 682. The summed E-state index contributed by atoms with van der Waals surface area (Å²) in [4.78, 5) is 12.1. The molecule has 106 valence electrons. The largest absolute Gasteiger partial charge is 0.322 e. The molecule has 0 radical (unpaired) electrons. The molecule has 1 N–H and O–H groups in total. The molecule has 0 aliphatic carbocycles. The second kappa shape index (κ2) is 7.00. The van der Waals surface area contributed by atoms with Crippen molar-refractivity contribution >= 4 is 27.5 Å². The lowest BCUT2D eigenvalue weighted by molar-refractivity contribution is -0.118. The molecule has 2 aromatic carbocycles. The number of carbonyl (C=O) groups is 1. The van der Waals surface area contributed by atoms with Crippen LogP contribution in [0.1, 0.15) is 5.56 Å². The maximum atomic E-state index is 13.7. The smallest absolute Gasteiger partial charge is 0.242 e. The van der Waals surface area contributed by atoms with Gasteiger partial charge in [0.1, 0.15) is 11.7 Å². The predicted octanol–water partition coefficient (Wildman–Crippen LogP) is 3.91. The number of anilines is 1. The topological polar surface area (TPSA) is 52.9 Å². The van der Waals surface area contributed by atoms with Crippen molar-refractivity contribution in [3.8, 4) is 6.07 Å². The Morgan fingerprint density at radius 1 is 1.29 bits per heavy atom. The number of amides is 1. The molecule has 3 nitrogen and oxygen atoms in total. The van der Waals surface area contributed by atoms with Gasteiger partial charge >= 0.3 is 0 Å². The molecule has 0 bridgehead atoms. The van der Waals surface area contributed by atoms with E-state index in [0.717, 1.165) is 5.56 Å². The lowest BCUT2D eigenvalue weighted by Crippen LogP contribution is -2.24. The van der Waals surface area contributed by atoms with E-state index in [2.05, 4.69) is 21.2 Å². The molecule has 0 aliphatic heterocycles. The van der Waals surface area contributed by atoms with Crippen LogP contribution in [0.2, 0.25) is 0 Å². The summed E-state index contributed by atoms with van der Waals surface area (Å²) in [5.41, 5.74) is 0.951. The van der Waals surface area contributed by atoms with Crippen LogP contribution in [-0.2, 0) is 11.2 Å². The molecule has 2 aromatic rings. The van der Waals surface area contributed by atoms with E-state index in [-0.39, 0.29) is 5.69 Å². The maximum Gasteiger partial charge on any atom is 0.242 e. The van der Waals surface area contributed by atoms with E-state index in [1.54, 1.807) is 6.07 Å². The minimum atomic E-state index is -0.865. The van der Waals surface area contributed by atoms with Crippen molar-refractivity contribution in [2.45, 2.75) is 6.42 Å². The van der Waals surface area contributed by atoms with E-state index in [4.69, 9.17) is 5.26 Å². The highest BCUT2D eigenvalue weighted by atomic mass is 79.9. The number of nitrogens with zero attached hydrogens (tertiary/aromatic N) is 1. The van der Waals surface area contributed by atoms with Crippen LogP contribution in [0.4, 0.5) is 10.1 Å². The van der Waals surface area contributed by atoms with Gasteiger partial charge in [0.2, 0.25) is 5.91 Å². The van der Waals surface area contributed by atoms with Crippen LogP contribution in [-0.4, -0.2) is 5.91 Å². The van der Waals surface area contributed by atoms with Gasteiger partial charge in [0, 0.05) is 4.47 Å². The molecule has 0 saturated heterocycles. The minimum Gasteiger partial charge on any atom is -0.322 e. The number of hydrogen-bond donors (Lipinski definition) is 1. The Labute approximate surface area is 130 Å². The summed E-state index contributed by atoms with van der Waals surface area (Å²) in [6.07, 6.45) is 0.293. The van der Waals surface area contributed by atoms with Gasteiger partial charge in [-0.3, -0.25) is 4.79 Å². The molecule has 1 atom stereocenters. The molecule has 0 saturated carbocycles. The number of nitriles is 1. The van der Waals surface area contributed by atoms with Crippen molar-refractivity contribution in [2.24, 2.45) is 5.92 Å². The highest BCUT2D eigenvalue weighted by molar-refractivity contribution is 9.10. The van der Waals surface area contributed by atoms with Gasteiger partial charge in [-0.15, -0.1) is 0 Å². The lowest BCUT2D eigenvalue weighted by atomic mass is 10.00. The van der Waals surface area contributed by atoms with Gasteiger partial charge in [-0.25, -0.2) is 4.39 Å². The molecule has 1 unspecified atom stereocenters. The van der Waals surface area contributed by atoms with Gasteiger partial charge in [0.25, 0.3) is 0 Å². The Morgan fingerprint density at radius 3 is 2.62 bits per heavy atom. The molecule has 0 aromatic heterocycles.